The largest absolute Gasteiger partial charge is 0.385 e. The van der Waals surface area contributed by atoms with E-state index in [0.717, 1.165) is 51.6 Å². The van der Waals surface area contributed by atoms with Crippen LogP contribution in [0.15, 0.2) is 4.99 Å². The molecule has 0 saturated heterocycles. The Labute approximate surface area is 165 Å². The van der Waals surface area contributed by atoms with Crippen molar-refractivity contribution >= 4 is 29.9 Å². The summed E-state index contributed by atoms with van der Waals surface area (Å²) in [5, 5.41) is 6.77. The molecular formula is C18H38IN3O2. The van der Waals surface area contributed by atoms with Gasteiger partial charge in [0.15, 0.2) is 5.96 Å². The van der Waals surface area contributed by atoms with E-state index >= 15 is 0 Å². The summed E-state index contributed by atoms with van der Waals surface area (Å²) in [5.41, 5.74) is 0.346. The number of rotatable bonds is 11. The summed E-state index contributed by atoms with van der Waals surface area (Å²) in [5.74, 6) is 0.931. The van der Waals surface area contributed by atoms with Crippen molar-refractivity contribution in [1.82, 2.24) is 10.6 Å². The van der Waals surface area contributed by atoms with Gasteiger partial charge in [0.1, 0.15) is 0 Å². The molecule has 0 aromatic heterocycles. The average Bonchev–Trinajstić information content (AvgIpc) is 2.99. The molecule has 0 bridgehead atoms. The van der Waals surface area contributed by atoms with Gasteiger partial charge in [0.05, 0.1) is 6.10 Å². The van der Waals surface area contributed by atoms with E-state index in [1.165, 1.54) is 25.7 Å². The van der Waals surface area contributed by atoms with Crippen molar-refractivity contribution in [2.75, 3.05) is 40.0 Å². The van der Waals surface area contributed by atoms with Crippen LogP contribution in [0.25, 0.3) is 0 Å². The second-order valence-corrected chi connectivity index (χ2v) is 6.84. The van der Waals surface area contributed by atoms with Crippen LogP contribution in [-0.2, 0) is 9.47 Å². The Balaban J connectivity index is 0.00000529. The van der Waals surface area contributed by atoms with Crippen molar-refractivity contribution in [3.8, 4) is 0 Å². The molecule has 5 nitrogen and oxygen atoms in total. The first-order valence-electron chi connectivity index (χ1n) is 9.24. The van der Waals surface area contributed by atoms with Gasteiger partial charge in [-0.2, -0.15) is 0 Å². The lowest BCUT2D eigenvalue weighted by Gasteiger charge is -2.27. The van der Waals surface area contributed by atoms with Gasteiger partial charge in [-0.1, -0.05) is 12.8 Å². The van der Waals surface area contributed by atoms with Crippen LogP contribution in [0.2, 0.25) is 0 Å². The molecule has 1 saturated carbocycles. The summed E-state index contributed by atoms with van der Waals surface area (Å²) >= 11 is 0. The van der Waals surface area contributed by atoms with E-state index in [9.17, 15) is 0 Å². The van der Waals surface area contributed by atoms with E-state index in [1.807, 2.05) is 0 Å². The lowest BCUT2D eigenvalue weighted by atomic mass is 9.83. The third-order valence-electron chi connectivity index (χ3n) is 4.48. The minimum Gasteiger partial charge on any atom is -0.385 e. The molecule has 1 fully saturated rings. The number of nitrogens with one attached hydrogen (secondary N) is 2. The zero-order valence-electron chi connectivity index (χ0n) is 16.0. The normalized spacial score (nSPS) is 17.0. The third kappa shape index (κ3) is 10.0. The van der Waals surface area contributed by atoms with Crippen molar-refractivity contribution in [2.45, 2.75) is 65.4 Å². The SMILES string of the molecule is CCNC(=NCC1(CCOC)CCCC1)NCCCOC(C)C.I. The van der Waals surface area contributed by atoms with Gasteiger partial charge >= 0.3 is 0 Å². The molecule has 0 heterocycles. The molecule has 0 aromatic rings. The van der Waals surface area contributed by atoms with Gasteiger partial charge in [-0.25, -0.2) is 0 Å². The van der Waals surface area contributed by atoms with Crippen LogP contribution in [0.5, 0.6) is 0 Å². The molecule has 6 heteroatoms. The third-order valence-corrected chi connectivity index (χ3v) is 4.48. The fraction of sp³-hybridized carbons (Fsp3) is 0.944. The zero-order chi connectivity index (χ0) is 17.0. The molecule has 2 N–H and O–H groups in total. The summed E-state index contributed by atoms with van der Waals surface area (Å²) in [6.07, 6.45) is 7.64. The molecule has 1 aliphatic carbocycles. The smallest absolute Gasteiger partial charge is 0.191 e. The molecule has 0 radical (unpaired) electrons. The van der Waals surface area contributed by atoms with Crippen LogP contribution in [0.1, 0.15) is 59.3 Å². The van der Waals surface area contributed by atoms with E-state index in [-0.39, 0.29) is 24.0 Å². The molecule has 0 spiro atoms. The Morgan fingerprint density at radius 1 is 1.17 bits per heavy atom. The van der Waals surface area contributed by atoms with E-state index < -0.39 is 0 Å². The zero-order valence-corrected chi connectivity index (χ0v) is 18.4. The maximum atomic E-state index is 5.57. The summed E-state index contributed by atoms with van der Waals surface area (Å²) in [7, 11) is 1.79. The molecule has 24 heavy (non-hydrogen) atoms. The fourth-order valence-electron chi connectivity index (χ4n) is 3.12. The molecule has 0 atom stereocenters. The molecule has 0 aromatic carbocycles. The predicted molar refractivity (Wildman–Crippen MR) is 112 cm³/mol. The van der Waals surface area contributed by atoms with Gasteiger partial charge in [-0.15, -0.1) is 24.0 Å². The summed E-state index contributed by atoms with van der Waals surface area (Å²) in [6.45, 7) is 10.6. The standard InChI is InChI=1S/C18H37N3O2.HI/c1-5-19-17(20-12-8-13-23-16(2)3)21-15-18(11-14-22-4)9-6-7-10-18;/h16H,5-15H2,1-4H3,(H2,19,20,21);1H. The lowest BCUT2D eigenvalue weighted by molar-refractivity contribution is 0.0776. The number of hydrogen-bond acceptors (Lipinski definition) is 3. The molecule has 0 amide bonds. The first-order valence-corrected chi connectivity index (χ1v) is 9.24. The maximum absolute atomic E-state index is 5.57. The summed E-state index contributed by atoms with van der Waals surface area (Å²) in [4.78, 5) is 4.85. The lowest BCUT2D eigenvalue weighted by Crippen LogP contribution is -2.39. The molecule has 144 valence electrons. The topological polar surface area (TPSA) is 54.9 Å². The monoisotopic (exact) mass is 455 g/mol. The average molecular weight is 455 g/mol. The number of halogens is 1. The van der Waals surface area contributed by atoms with Crippen molar-refractivity contribution < 1.29 is 9.47 Å². The molecule has 0 unspecified atom stereocenters. The van der Waals surface area contributed by atoms with Crippen LogP contribution in [0.4, 0.5) is 0 Å². The number of aliphatic imine (C=N–C) groups is 1. The Bertz CT molecular complexity index is 332. The van der Waals surface area contributed by atoms with Crippen molar-refractivity contribution in [2.24, 2.45) is 10.4 Å². The number of guanidine groups is 1. The number of methoxy groups -OCH3 is 1. The molecule has 1 aliphatic rings. The van der Waals surface area contributed by atoms with Crippen molar-refractivity contribution in [3.05, 3.63) is 0 Å². The summed E-state index contributed by atoms with van der Waals surface area (Å²) in [6, 6.07) is 0. The fourth-order valence-corrected chi connectivity index (χ4v) is 3.12. The highest BCUT2D eigenvalue weighted by Crippen LogP contribution is 2.41. The minimum atomic E-state index is 0. The van der Waals surface area contributed by atoms with Crippen molar-refractivity contribution in [1.29, 1.82) is 0 Å². The highest BCUT2D eigenvalue weighted by atomic mass is 127. The molecule has 0 aliphatic heterocycles. The Kier molecular flexibility index (Phi) is 14.1. The van der Waals surface area contributed by atoms with E-state index in [1.54, 1.807) is 7.11 Å². The van der Waals surface area contributed by atoms with Gasteiger partial charge in [-0.05, 0) is 51.9 Å². The molecule has 1 rings (SSSR count). The van der Waals surface area contributed by atoms with Gasteiger partial charge in [0, 0.05) is 40.0 Å². The first-order chi connectivity index (χ1) is 11.1. The summed E-state index contributed by atoms with van der Waals surface area (Å²) < 4.78 is 10.9. The first kappa shape index (κ1) is 23.9. The number of hydrogen-bond donors (Lipinski definition) is 2. The van der Waals surface area contributed by atoms with Gasteiger partial charge < -0.3 is 20.1 Å². The highest BCUT2D eigenvalue weighted by Gasteiger charge is 2.33. The van der Waals surface area contributed by atoms with Crippen LogP contribution < -0.4 is 10.6 Å². The van der Waals surface area contributed by atoms with Crippen LogP contribution in [0.3, 0.4) is 0 Å². The number of ether oxygens (including phenoxy) is 2. The minimum absolute atomic E-state index is 0. The van der Waals surface area contributed by atoms with Gasteiger partial charge in [-0.3, -0.25) is 4.99 Å². The van der Waals surface area contributed by atoms with E-state index in [4.69, 9.17) is 14.5 Å². The van der Waals surface area contributed by atoms with Crippen molar-refractivity contribution in [3.63, 3.8) is 0 Å². The second kappa shape index (κ2) is 14.1. The van der Waals surface area contributed by atoms with Gasteiger partial charge in [0.25, 0.3) is 0 Å². The van der Waals surface area contributed by atoms with Crippen LogP contribution in [-0.4, -0.2) is 52.0 Å². The Morgan fingerprint density at radius 3 is 2.46 bits per heavy atom. The maximum Gasteiger partial charge on any atom is 0.191 e. The molecular weight excluding hydrogens is 417 g/mol. The van der Waals surface area contributed by atoms with Crippen LogP contribution in [0, 0.1) is 5.41 Å². The quantitative estimate of drug-likeness (QED) is 0.217. The predicted octanol–water partition coefficient (Wildman–Crippen LogP) is 3.57. The number of nitrogens with zero attached hydrogens (tertiary/aromatic N) is 1. The van der Waals surface area contributed by atoms with Crippen LogP contribution >= 0.6 is 24.0 Å². The Morgan fingerprint density at radius 2 is 1.88 bits per heavy atom. The Hall–Kier alpha value is -0.0800. The van der Waals surface area contributed by atoms with E-state index in [0.29, 0.717) is 11.5 Å². The second-order valence-electron chi connectivity index (χ2n) is 6.84. The highest BCUT2D eigenvalue weighted by molar-refractivity contribution is 14.0. The van der Waals surface area contributed by atoms with E-state index in [2.05, 4.69) is 31.4 Å². The van der Waals surface area contributed by atoms with Gasteiger partial charge in [0.2, 0.25) is 0 Å².